The lowest BCUT2D eigenvalue weighted by Crippen LogP contribution is -2.35. The Kier molecular flexibility index (Phi) is 5.25. The van der Waals surface area contributed by atoms with Crippen molar-refractivity contribution in [3.63, 3.8) is 0 Å². The number of hydrogen-bond donors (Lipinski definition) is 2. The Morgan fingerprint density at radius 2 is 2.19 bits per heavy atom. The van der Waals surface area contributed by atoms with Crippen LogP contribution < -0.4 is 10.6 Å². The van der Waals surface area contributed by atoms with Crippen LogP contribution in [0.5, 0.6) is 0 Å². The third-order valence-corrected chi connectivity index (χ3v) is 2.56. The average Bonchev–Trinajstić information content (AvgIpc) is 2.53. The van der Waals surface area contributed by atoms with E-state index in [4.69, 9.17) is 12.2 Å². The Morgan fingerprint density at radius 3 is 2.75 bits per heavy atom. The molecule has 16 heavy (non-hydrogen) atoms. The SMILES string of the molecule is CCNC(=S)NCCCn1nc(C)cc1C. The molecule has 0 aliphatic carbocycles. The second kappa shape index (κ2) is 6.48. The van der Waals surface area contributed by atoms with Crippen molar-refractivity contribution in [2.45, 2.75) is 33.7 Å². The maximum absolute atomic E-state index is 5.07. The van der Waals surface area contributed by atoms with Gasteiger partial charge in [-0.2, -0.15) is 5.10 Å². The third-order valence-electron chi connectivity index (χ3n) is 2.27. The van der Waals surface area contributed by atoms with Crippen molar-refractivity contribution in [2.24, 2.45) is 0 Å². The van der Waals surface area contributed by atoms with Crippen molar-refractivity contribution in [3.8, 4) is 0 Å². The van der Waals surface area contributed by atoms with E-state index < -0.39 is 0 Å². The molecule has 0 amide bonds. The molecule has 2 N–H and O–H groups in total. The second-order valence-electron chi connectivity index (χ2n) is 3.79. The summed E-state index contributed by atoms with van der Waals surface area (Å²) in [4.78, 5) is 0. The van der Waals surface area contributed by atoms with Crippen LogP contribution >= 0.6 is 12.2 Å². The number of rotatable bonds is 5. The van der Waals surface area contributed by atoms with Gasteiger partial charge in [-0.3, -0.25) is 4.68 Å². The summed E-state index contributed by atoms with van der Waals surface area (Å²) in [5, 5.41) is 11.4. The van der Waals surface area contributed by atoms with Crippen molar-refractivity contribution in [1.29, 1.82) is 0 Å². The van der Waals surface area contributed by atoms with Gasteiger partial charge in [0.25, 0.3) is 0 Å². The number of aryl methyl sites for hydroxylation is 3. The summed E-state index contributed by atoms with van der Waals surface area (Å²) >= 11 is 5.07. The highest BCUT2D eigenvalue weighted by Gasteiger charge is 2.00. The Bertz CT molecular complexity index is 346. The second-order valence-corrected chi connectivity index (χ2v) is 4.20. The maximum atomic E-state index is 5.07. The largest absolute Gasteiger partial charge is 0.363 e. The molecule has 0 radical (unpaired) electrons. The Balaban J connectivity index is 2.21. The van der Waals surface area contributed by atoms with Crippen molar-refractivity contribution in [2.75, 3.05) is 13.1 Å². The number of thiocarbonyl (C=S) groups is 1. The zero-order valence-corrected chi connectivity index (χ0v) is 11.0. The van der Waals surface area contributed by atoms with Crippen LogP contribution in [0.2, 0.25) is 0 Å². The summed E-state index contributed by atoms with van der Waals surface area (Å²) in [6.07, 6.45) is 1.02. The van der Waals surface area contributed by atoms with Gasteiger partial charge in [0.05, 0.1) is 5.69 Å². The van der Waals surface area contributed by atoms with Crippen molar-refractivity contribution >= 4 is 17.3 Å². The molecule has 1 aromatic rings. The van der Waals surface area contributed by atoms with Crippen LogP contribution in [0.15, 0.2) is 6.07 Å². The standard InChI is InChI=1S/C11H20N4S/c1-4-12-11(16)13-6-5-7-15-10(3)8-9(2)14-15/h8H,4-7H2,1-3H3,(H2,12,13,16). The first-order valence-electron chi connectivity index (χ1n) is 5.66. The molecule has 0 bridgehead atoms. The van der Waals surface area contributed by atoms with Gasteiger partial charge in [0.1, 0.15) is 0 Å². The Morgan fingerprint density at radius 1 is 1.44 bits per heavy atom. The van der Waals surface area contributed by atoms with Gasteiger partial charge in [0.2, 0.25) is 0 Å². The van der Waals surface area contributed by atoms with Crippen LogP contribution in [0.1, 0.15) is 24.7 Å². The normalized spacial score (nSPS) is 10.2. The van der Waals surface area contributed by atoms with E-state index in [0.29, 0.717) is 0 Å². The molecule has 1 rings (SSSR count). The zero-order valence-electron chi connectivity index (χ0n) is 10.2. The summed E-state index contributed by atoms with van der Waals surface area (Å²) < 4.78 is 2.04. The van der Waals surface area contributed by atoms with Crippen LogP contribution in [0.3, 0.4) is 0 Å². The van der Waals surface area contributed by atoms with Gasteiger partial charge in [-0.25, -0.2) is 0 Å². The maximum Gasteiger partial charge on any atom is 0.166 e. The van der Waals surface area contributed by atoms with Crippen LogP contribution in [0.25, 0.3) is 0 Å². The molecule has 0 aliphatic heterocycles. The van der Waals surface area contributed by atoms with Gasteiger partial charge >= 0.3 is 0 Å². The summed E-state index contributed by atoms with van der Waals surface area (Å²) in [7, 11) is 0. The lowest BCUT2D eigenvalue weighted by molar-refractivity contribution is 0.556. The number of nitrogens with one attached hydrogen (secondary N) is 2. The smallest absolute Gasteiger partial charge is 0.166 e. The van der Waals surface area contributed by atoms with E-state index in [1.165, 1.54) is 5.69 Å². The quantitative estimate of drug-likeness (QED) is 0.602. The molecule has 0 spiro atoms. The van der Waals surface area contributed by atoms with Crippen molar-refractivity contribution < 1.29 is 0 Å². The fraction of sp³-hybridized carbons (Fsp3) is 0.636. The van der Waals surface area contributed by atoms with Crippen molar-refractivity contribution in [3.05, 3.63) is 17.5 Å². The van der Waals surface area contributed by atoms with Gasteiger partial charge < -0.3 is 10.6 Å². The van der Waals surface area contributed by atoms with E-state index in [-0.39, 0.29) is 0 Å². The first-order chi connectivity index (χ1) is 7.63. The summed E-state index contributed by atoms with van der Waals surface area (Å²) in [6, 6.07) is 2.09. The monoisotopic (exact) mass is 240 g/mol. The molecule has 1 heterocycles. The van der Waals surface area contributed by atoms with Crippen LogP contribution in [-0.2, 0) is 6.54 Å². The molecule has 4 nitrogen and oxygen atoms in total. The highest BCUT2D eigenvalue weighted by atomic mass is 32.1. The highest BCUT2D eigenvalue weighted by molar-refractivity contribution is 7.80. The first kappa shape index (κ1) is 13.0. The number of nitrogens with zero attached hydrogens (tertiary/aromatic N) is 2. The van der Waals surface area contributed by atoms with Gasteiger partial charge in [-0.05, 0) is 45.5 Å². The first-order valence-corrected chi connectivity index (χ1v) is 6.07. The topological polar surface area (TPSA) is 41.9 Å². The number of aromatic nitrogens is 2. The molecule has 0 fully saturated rings. The van der Waals surface area contributed by atoms with E-state index in [1.54, 1.807) is 0 Å². The summed E-state index contributed by atoms with van der Waals surface area (Å²) in [5.74, 6) is 0. The van der Waals surface area contributed by atoms with E-state index >= 15 is 0 Å². The van der Waals surface area contributed by atoms with Crippen LogP contribution in [-0.4, -0.2) is 28.0 Å². The lowest BCUT2D eigenvalue weighted by atomic mass is 10.4. The van der Waals surface area contributed by atoms with E-state index in [1.807, 2.05) is 18.5 Å². The predicted octanol–water partition coefficient (Wildman–Crippen LogP) is 1.37. The minimum atomic E-state index is 0.732. The molecule has 0 saturated heterocycles. The van der Waals surface area contributed by atoms with E-state index in [2.05, 4.69) is 28.7 Å². The van der Waals surface area contributed by atoms with Gasteiger partial charge in [0.15, 0.2) is 5.11 Å². The third kappa shape index (κ3) is 4.18. The van der Waals surface area contributed by atoms with Gasteiger partial charge in [-0.1, -0.05) is 0 Å². The Labute approximate surface area is 102 Å². The number of hydrogen-bond acceptors (Lipinski definition) is 2. The van der Waals surface area contributed by atoms with Gasteiger partial charge in [0, 0.05) is 25.3 Å². The lowest BCUT2D eigenvalue weighted by Gasteiger charge is -2.09. The molecule has 5 heteroatoms. The average molecular weight is 240 g/mol. The Hall–Kier alpha value is -1.10. The summed E-state index contributed by atoms with van der Waals surface area (Å²) in [6.45, 7) is 8.80. The van der Waals surface area contributed by atoms with Crippen LogP contribution in [0.4, 0.5) is 0 Å². The predicted molar refractivity (Wildman–Crippen MR) is 70.6 cm³/mol. The highest BCUT2D eigenvalue weighted by Crippen LogP contribution is 2.01. The van der Waals surface area contributed by atoms with Gasteiger partial charge in [-0.15, -0.1) is 0 Å². The molecule has 90 valence electrons. The van der Waals surface area contributed by atoms with E-state index in [0.717, 1.165) is 36.9 Å². The molecule has 0 atom stereocenters. The molecular formula is C11H20N4S. The molecule has 1 aromatic heterocycles. The molecular weight excluding hydrogens is 220 g/mol. The van der Waals surface area contributed by atoms with Crippen molar-refractivity contribution in [1.82, 2.24) is 20.4 Å². The fourth-order valence-corrected chi connectivity index (χ4v) is 1.80. The zero-order chi connectivity index (χ0) is 12.0. The van der Waals surface area contributed by atoms with E-state index in [9.17, 15) is 0 Å². The fourth-order valence-electron chi connectivity index (χ4n) is 1.56. The summed E-state index contributed by atoms with van der Waals surface area (Å²) in [5.41, 5.74) is 2.29. The molecule has 0 unspecified atom stereocenters. The minimum absolute atomic E-state index is 0.732. The molecule has 0 saturated carbocycles. The molecule has 0 aliphatic rings. The molecule has 0 aromatic carbocycles. The van der Waals surface area contributed by atoms with Crippen LogP contribution in [0, 0.1) is 13.8 Å². The minimum Gasteiger partial charge on any atom is -0.363 e.